The predicted molar refractivity (Wildman–Crippen MR) is 75.4 cm³/mol. The summed E-state index contributed by atoms with van der Waals surface area (Å²) >= 11 is 0. The third-order valence-electron chi connectivity index (χ3n) is 3.12. The van der Waals surface area contributed by atoms with E-state index >= 15 is 0 Å². The molecule has 0 radical (unpaired) electrons. The van der Waals surface area contributed by atoms with Gasteiger partial charge < -0.3 is 15.2 Å². The van der Waals surface area contributed by atoms with Crippen molar-refractivity contribution in [2.75, 3.05) is 13.7 Å². The number of aliphatic hydroxyl groups excluding tert-OH is 1. The molecule has 106 valence electrons. The van der Waals surface area contributed by atoms with Crippen molar-refractivity contribution in [2.24, 2.45) is 5.41 Å². The normalized spacial score (nSPS) is 12.9. The minimum Gasteiger partial charge on any atom is -0.496 e. The van der Waals surface area contributed by atoms with Gasteiger partial charge in [-0.05, 0) is 24.0 Å². The average molecular weight is 265 g/mol. The Kier molecular flexibility index (Phi) is 5.36. The van der Waals surface area contributed by atoms with Crippen LogP contribution in [0.1, 0.15) is 37.6 Å². The SMILES string of the molecule is COc1ccccc1C(=O)NC(CCO)C(C)(C)C. The smallest absolute Gasteiger partial charge is 0.255 e. The number of ether oxygens (including phenoxy) is 1. The molecule has 2 N–H and O–H groups in total. The highest BCUT2D eigenvalue weighted by molar-refractivity contribution is 5.97. The van der Waals surface area contributed by atoms with Crippen LogP contribution in [0.15, 0.2) is 24.3 Å². The van der Waals surface area contributed by atoms with Gasteiger partial charge in [0.25, 0.3) is 5.91 Å². The fourth-order valence-corrected chi connectivity index (χ4v) is 1.92. The average Bonchev–Trinajstić information content (AvgIpc) is 2.37. The zero-order valence-corrected chi connectivity index (χ0v) is 12.1. The zero-order valence-electron chi connectivity index (χ0n) is 12.1. The first-order valence-electron chi connectivity index (χ1n) is 6.45. The van der Waals surface area contributed by atoms with Crippen molar-refractivity contribution in [1.82, 2.24) is 5.32 Å². The van der Waals surface area contributed by atoms with Crippen LogP contribution in [0.3, 0.4) is 0 Å². The fraction of sp³-hybridized carbons (Fsp3) is 0.533. The molecule has 1 rings (SSSR count). The van der Waals surface area contributed by atoms with E-state index in [1.165, 1.54) is 0 Å². The first-order valence-corrected chi connectivity index (χ1v) is 6.45. The van der Waals surface area contributed by atoms with Crippen LogP contribution < -0.4 is 10.1 Å². The Labute approximate surface area is 114 Å². The molecule has 19 heavy (non-hydrogen) atoms. The number of hydrogen-bond donors (Lipinski definition) is 2. The molecule has 1 amide bonds. The molecule has 0 aliphatic carbocycles. The van der Waals surface area contributed by atoms with Crippen LogP contribution in [-0.2, 0) is 0 Å². The van der Waals surface area contributed by atoms with E-state index in [1.807, 2.05) is 26.8 Å². The summed E-state index contributed by atoms with van der Waals surface area (Å²) < 4.78 is 5.18. The summed E-state index contributed by atoms with van der Waals surface area (Å²) in [6.45, 7) is 6.16. The quantitative estimate of drug-likeness (QED) is 0.858. The second-order valence-corrected chi connectivity index (χ2v) is 5.60. The van der Waals surface area contributed by atoms with Gasteiger partial charge in [-0.1, -0.05) is 32.9 Å². The Morgan fingerprint density at radius 1 is 1.37 bits per heavy atom. The summed E-state index contributed by atoms with van der Waals surface area (Å²) in [6, 6.07) is 7.02. The zero-order chi connectivity index (χ0) is 14.5. The van der Waals surface area contributed by atoms with Crippen molar-refractivity contribution in [3.8, 4) is 5.75 Å². The second-order valence-electron chi connectivity index (χ2n) is 5.60. The van der Waals surface area contributed by atoms with Crippen molar-refractivity contribution in [3.05, 3.63) is 29.8 Å². The second kappa shape index (κ2) is 6.57. The number of carbonyl (C=O) groups excluding carboxylic acids is 1. The maximum absolute atomic E-state index is 12.3. The Bertz CT molecular complexity index is 424. The summed E-state index contributed by atoms with van der Waals surface area (Å²) in [6.07, 6.45) is 0.532. The Morgan fingerprint density at radius 3 is 2.53 bits per heavy atom. The lowest BCUT2D eigenvalue weighted by molar-refractivity contribution is 0.0882. The van der Waals surface area contributed by atoms with Crippen LogP contribution in [0.5, 0.6) is 5.75 Å². The number of benzene rings is 1. The molecule has 1 aromatic rings. The topological polar surface area (TPSA) is 58.6 Å². The van der Waals surface area contributed by atoms with Crippen molar-refractivity contribution >= 4 is 5.91 Å². The molecule has 1 unspecified atom stereocenters. The van der Waals surface area contributed by atoms with E-state index in [-0.39, 0.29) is 24.0 Å². The van der Waals surface area contributed by atoms with E-state index in [0.29, 0.717) is 17.7 Å². The van der Waals surface area contributed by atoms with Gasteiger partial charge in [0, 0.05) is 12.6 Å². The monoisotopic (exact) mass is 265 g/mol. The molecule has 0 fully saturated rings. The predicted octanol–water partition coefficient (Wildman–Crippen LogP) is 2.22. The lowest BCUT2D eigenvalue weighted by atomic mass is 9.84. The van der Waals surface area contributed by atoms with Gasteiger partial charge in [-0.3, -0.25) is 4.79 Å². The van der Waals surface area contributed by atoms with Gasteiger partial charge in [0.15, 0.2) is 0 Å². The molecule has 0 saturated heterocycles. The highest BCUT2D eigenvalue weighted by Crippen LogP contribution is 2.23. The van der Waals surface area contributed by atoms with Crippen molar-refractivity contribution in [2.45, 2.75) is 33.2 Å². The molecular formula is C15H23NO3. The van der Waals surface area contributed by atoms with Gasteiger partial charge in [0.2, 0.25) is 0 Å². The van der Waals surface area contributed by atoms with E-state index in [1.54, 1.807) is 25.3 Å². The van der Waals surface area contributed by atoms with Gasteiger partial charge in [-0.15, -0.1) is 0 Å². The molecule has 0 aliphatic rings. The van der Waals surface area contributed by atoms with E-state index in [2.05, 4.69) is 5.32 Å². The maximum Gasteiger partial charge on any atom is 0.255 e. The summed E-state index contributed by atoms with van der Waals surface area (Å²) in [5.74, 6) is 0.377. The minimum absolute atomic E-state index is 0.0497. The third-order valence-corrected chi connectivity index (χ3v) is 3.12. The summed E-state index contributed by atoms with van der Waals surface area (Å²) in [7, 11) is 1.54. The number of amides is 1. The largest absolute Gasteiger partial charge is 0.496 e. The van der Waals surface area contributed by atoms with Crippen LogP contribution in [-0.4, -0.2) is 30.8 Å². The molecule has 0 heterocycles. The molecule has 1 atom stereocenters. The van der Waals surface area contributed by atoms with Crippen molar-refractivity contribution < 1.29 is 14.6 Å². The number of methoxy groups -OCH3 is 1. The van der Waals surface area contributed by atoms with E-state index in [9.17, 15) is 4.79 Å². The molecule has 4 heteroatoms. The molecule has 0 aromatic heterocycles. The van der Waals surface area contributed by atoms with E-state index in [4.69, 9.17) is 9.84 Å². The highest BCUT2D eigenvalue weighted by Gasteiger charge is 2.26. The first kappa shape index (κ1) is 15.5. The lowest BCUT2D eigenvalue weighted by Crippen LogP contribution is -2.44. The van der Waals surface area contributed by atoms with Gasteiger partial charge >= 0.3 is 0 Å². The number of hydrogen-bond acceptors (Lipinski definition) is 3. The van der Waals surface area contributed by atoms with Gasteiger partial charge in [-0.2, -0.15) is 0 Å². The van der Waals surface area contributed by atoms with E-state index < -0.39 is 0 Å². The molecular weight excluding hydrogens is 242 g/mol. The molecule has 0 saturated carbocycles. The Balaban J connectivity index is 2.88. The van der Waals surface area contributed by atoms with Crippen LogP contribution >= 0.6 is 0 Å². The van der Waals surface area contributed by atoms with Crippen LogP contribution in [0, 0.1) is 5.41 Å². The van der Waals surface area contributed by atoms with Gasteiger partial charge in [0.1, 0.15) is 5.75 Å². The minimum atomic E-state index is -0.175. The van der Waals surface area contributed by atoms with Crippen molar-refractivity contribution in [1.29, 1.82) is 0 Å². The number of aliphatic hydroxyl groups is 1. The standard InChI is InChI=1S/C15H23NO3/c1-15(2,3)13(9-10-17)16-14(18)11-7-5-6-8-12(11)19-4/h5-8,13,17H,9-10H2,1-4H3,(H,16,18). The Hall–Kier alpha value is -1.55. The number of para-hydroxylation sites is 1. The van der Waals surface area contributed by atoms with Crippen LogP contribution in [0.4, 0.5) is 0 Å². The highest BCUT2D eigenvalue weighted by atomic mass is 16.5. The van der Waals surface area contributed by atoms with Crippen molar-refractivity contribution in [3.63, 3.8) is 0 Å². The third kappa shape index (κ3) is 4.24. The van der Waals surface area contributed by atoms with Crippen LogP contribution in [0.25, 0.3) is 0 Å². The summed E-state index contributed by atoms with van der Waals surface area (Å²) in [5.41, 5.74) is 0.401. The van der Waals surface area contributed by atoms with Gasteiger partial charge in [0.05, 0.1) is 12.7 Å². The first-order chi connectivity index (χ1) is 8.90. The summed E-state index contributed by atoms with van der Waals surface area (Å²) in [5, 5.41) is 12.1. The molecule has 0 spiro atoms. The number of nitrogens with one attached hydrogen (secondary N) is 1. The Morgan fingerprint density at radius 2 is 2.00 bits per heavy atom. The lowest BCUT2D eigenvalue weighted by Gasteiger charge is -2.31. The molecule has 4 nitrogen and oxygen atoms in total. The van der Waals surface area contributed by atoms with E-state index in [0.717, 1.165) is 0 Å². The number of carbonyl (C=O) groups is 1. The molecule has 0 bridgehead atoms. The molecule has 1 aromatic carbocycles. The van der Waals surface area contributed by atoms with Crippen LogP contribution in [0.2, 0.25) is 0 Å². The number of rotatable bonds is 5. The maximum atomic E-state index is 12.3. The molecule has 0 aliphatic heterocycles. The van der Waals surface area contributed by atoms with Gasteiger partial charge in [-0.25, -0.2) is 0 Å². The fourth-order valence-electron chi connectivity index (χ4n) is 1.92. The summed E-state index contributed by atoms with van der Waals surface area (Å²) in [4.78, 5) is 12.3.